The molecule has 3 rings (SSSR count). The molecule has 0 fully saturated rings. The number of aromatic nitrogens is 2. The number of nitrogens with zero attached hydrogens (tertiary/aromatic N) is 2. The molecule has 146 valence electrons. The minimum Gasteiger partial charge on any atom is -0.493 e. The highest BCUT2D eigenvalue weighted by atomic mass is 35.5. The van der Waals surface area contributed by atoms with E-state index >= 15 is 0 Å². The number of rotatable bonds is 7. The van der Waals surface area contributed by atoms with Crippen molar-refractivity contribution >= 4 is 35.1 Å². The molecule has 0 bridgehead atoms. The zero-order valence-corrected chi connectivity index (χ0v) is 16.9. The lowest BCUT2D eigenvalue weighted by Gasteiger charge is -2.12. The van der Waals surface area contributed by atoms with Gasteiger partial charge in [0.1, 0.15) is 0 Å². The van der Waals surface area contributed by atoms with Crippen LogP contribution in [-0.2, 0) is 0 Å². The zero-order valence-electron chi connectivity index (χ0n) is 15.3. The predicted octanol–water partition coefficient (Wildman–Crippen LogP) is 3.58. The van der Waals surface area contributed by atoms with Crippen LogP contribution in [0.25, 0.3) is 10.6 Å². The molecule has 0 radical (unpaired) electrons. The first-order valence-electron chi connectivity index (χ1n) is 8.00. The van der Waals surface area contributed by atoms with Gasteiger partial charge in [-0.25, -0.2) is 5.43 Å². The molecule has 0 aliphatic rings. The van der Waals surface area contributed by atoms with Gasteiger partial charge in [0.2, 0.25) is 5.75 Å². The molecule has 0 aliphatic heterocycles. The first-order chi connectivity index (χ1) is 13.5. The molecule has 1 amide bonds. The predicted molar refractivity (Wildman–Crippen MR) is 108 cm³/mol. The van der Waals surface area contributed by atoms with Gasteiger partial charge in [-0.2, -0.15) is 10.2 Å². The molecular weight excluding hydrogens is 404 g/mol. The number of thiophene rings is 1. The van der Waals surface area contributed by atoms with Crippen LogP contribution in [0, 0.1) is 0 Å². The molecule has 0 spiro atoms. The Morgan fingerprint density at radius 1 is 1.18 bits per heavy atom. The number of halogens is 1. The third-order valence-corrected chi connectivity index (χ3v) is 4.98. The number of aromatic amines is 1. The van der Waals surface area contributed by atoms with Crippen LogP contribution in [0.4, 0.5) is 0 Å². The molecule has 0 atom stereocenters. The number of ether oxygens (including phenoxy) is 3. The standard InChI is InChI=1S/C18H17ClN4O4S/c1-25-13-6-10(7-14(26-2)17(13)27-3)9-20-23-18(24)12-8-11(21-22-12)15-4-5-16(19)28-15/h4-9H,1-3H3,(H,21,22)(H,23,24)/b20-9+. The maximum absolute atomic E-state index is 12.2. The SMILES string of the molecule is COc1cc(/C=N/NC(=O)c2cc(-c3ccc(Cl)s3)[nH]n2)cc(OC)c1OC. The minimum absolute atomic E-state index is 0.210. The summed E-state index contributed by atoms with van der Waals surface area (Å²) in [6, 6.07) is 8.69. The summed E-state index contributed by atoms with van der Waals surface area (Å²) in [4.78, 5) is 13.1. The van der Waals surface area contributed by atoms with Crippen molar-refractivity contribution in [1.82, 2.24) is 15.6 Å². The Morgan fingerprint density at radius 3 is 2.46 bits per heavy atom. The van der Waals surface area contributed by atoms with E-state index in [1.54, 1.807) is 24.3 Å². The molecule has 2 heterocycles. The number of nitrogens with one attached hydrogen (secondary N) is 2. The highest BCUT2D eigenvalue weighted by molar-refractivity contribution is 7.19. The Hall–Kier alpha value is -3.04. The van der Waals surface area contributed by atoms with Crippen LogP contribution in [0.15, 0.2) is 35.4 Å². The summed E-state index contributed by atoms with van der Waals surface area (Å²) in [5.41, 5.74) is 4.01. The maximum atomic E-state index is 12.2. The van der Waals surface area contributed by atoms with E-state index in [9.17, 15) is 4.79 Å². The lowest BCUT2D eigenvalue weighted by molar-refractivity contribution is 0.0950. The highest BCUT2D eigenvalue weighted by Crippen LogP contribution is 2.37. The minimum atomic E-state index is -0.450. The number of hydrogen-bond donors (Lipinski definition) is 2. The number of carbonyl (C=O) groups is 1. The molecule has 28 heavy (non-hydrogen) atoms. The number of benzene rings is 1. The van der Waals surface area contributed by atoms with Crippen molar-refractivity contribution in [2.45, 2.75) is 0 Å². The largest absolute Gasteiger partial charge is 0.493 e. The van der Waals surface area contributed by atoms with Gasteiger partial charge in [-0.05, 0) is 30.3 Å². The second-order valence-corrected chi connectivity index (χ2v) is 7.14. The van der Waals surface area contributed by atoms with Crippen LogP contribution in [0.5, 0.6) is 17.2 Å². The Kier molecular flexibility index (Phi) is 6.17. The van der Waals surface area contributed by atoms with Crippen molar-refractivity contribution < 1.29 is 19.0 Å². The quantitative estimate of drug-likeness (QED) is 0.449. The van der Waals surface area contributed by atoms with Gasteiger partial charge in [0.15, 0.2) is 17.2 Å². The Morgan fingerprint density at radius 2 is 1.89 bits per heavy atom. The molecule has 10 heteroatoms. The van der Waals surface area contributed by atoms with Gasteiger partial charge in [0.05, 0.1) is 42.5 Å². The van der Waals surface area contributed by atoms with Crippen molar-refractivity contribution in [3.8, 4) is 27.8 Å². The Bertz CT molecular complexity index is 990. The van der Waals surface area contributed by atoms with Crippen LogP contribution in [0.1, 0.15) is 16.1 Å². The van der Waals surface area contributed by atoms with Crippen molar-refractivity contribution in [2.75, 3.05) is 21.3 Å². The van der Waals surface area contributed by atoms with Gasteiger partial charge in [0, 0.05) is 5.56 Å². The van der Waals surface area contributed by atoms with Crippen LogP contribution in [0.3, 0.4) is 0 Å². The van der Waals surface area contributed by atoms with E-state index in [-0.39, 0.29) is 5.69 Å². The summed E-state index contributed by atoms with van der Waals surface area (Å²) in [6.07, 6.45) is 1.47. The molecular formula is C18H17ClN4O4S. The van der Waals surface area contributed by atoms with Gasteiger partial charge in [-0.1, -0.05) is 11.6 Å². The van der Waals surface area contributed by atoms with Gasteiger partial charge in [0.25, 0.3) is 5.91 Å². The van der Waals surface area contributed by atoms with E-state index in [0.717, 1.165) is 4.88 Å². The Balaban J connectivity index is 1.71. The summed E-state index contributed by atoms with van der Waals surface area (Å²) >= 11 is 7.32. The third kappa shape index (κ3) is 4.26. The fraction of sp³-hybridized carbons (Fsp3) is 0.167. The molecule has 0 saturated heterocycles. The van der Waals surface area contributed by atoms with E-state index in [2.05, 4.69) is 20.7 Å². The second kappa shape index (κ2) is 8.77. The lowest BCUT2D eigenvalue weighted by atomic mass is 10.2. The topological polar surface area (TPSA) is 97.8 Å². The van der Waals surface area contributed by atoms with Crippen molar-refractivity contribution in [3.63, 3.8) is 0 Å². The van der Waals surface area contributed by atoms with Gasteiger partial charge < -0.3 is 14.2 Å². The first-order valence-corrected chi connectivity index (χ1v) is 9.19. The lowest BCUT2D eigenvalue weighted by Crippen LogP contribution is -2.18. The van der Waals surface area contributed by atoms with E-state index in [1.807, 2.05) is 6.07 Å². The number of hydrazone groups is 1. The fourth-order valence-electron chi connectivity index (χ4n) is 2.42. The average molecular weight is 421 g/mol. The van der Waals surface area contributed by atoms with Crippen molar-refractivity contribution in [1.29, 1.82) is 0 Å². The summed E-state index contributed by atoms with van der Waals surface area (Å²) in [5, 5.41) is 10.8. The molecule has 1 aromatic carbocycles. The second-order valence-electron chi connectivity index (χ2n) is 5.43. The van der Waals surface area contributed by atoms with Crippen LogP contribution in [-0.4, -0.2) is 43.6 Å². The maximum Gasteiger partial charge on any atom is 0.291 e. The van der Waals surface area contributed by atoms with E-state index < -0.39 is 5.91 Å². The fourth-order valence-corrected chi connectivity index (χ4v) is 3.43. The number of amides is 1. The van der Waals surface area contributed by atoms with Crippen LogP contribution >= 0.6 is 22.9 Å². The summed E-state index contributed by atoms with van der Waals surface area (Å²) < 4.78 is 16.5. The average Bonchev–Trinajstić information content (AvgIpc) is 3.36. The monoisotopic (exact) mass is 420 g/mol. The highest BCUT2D eigenvalue weighted by Gasteiger charge is 2.14. The van der Waals surface area contributed by atoms with Crippen LogP contribution < -0.4 is 19.6 Å². The summed E-state index contributed by atoms with van der Waals surface area (Å²) in [5.74, 6) is 1.00. The molecule has 2 N–H and O–H groups in total. The normalized spacial score (nSPS) is 10.9. The number of methoxy groups -OCH3 is 3. The smallest absolute Gasteiger partial charge is 0.291 e. The van der Waals surface area contributed by atoms with E-state index in [4.69, 9.17) is 25.8 Å². The van der Waals surface area contributed by atoms with Gasteiger partial charge in [-0.15, -0.1) is 11.3 Å². The molecule has 0 aliphatic carbocycles. The summed E-state index contributed by atoms with van der Waals surface area (Å²) in [7, 11) is 4.57. The number of hydrogen-bond acceptors (Lipinski definition) is 7. The molecule has 2 aromatic heterocycles. The van der Waals surface area contributed by atoms with Gasteiger partial charge >= 0.3 is 0 Å². The van der Waals surface area contributed by atoms with E-state index in [0.29, 0.717) is 32.8 Å². The van der Waals surface area contributed by atoms with Gasteiger partial charge in [-0.3, -0.25) is 9.89 Å². The number of carbonyl (C=O) groups excluding carboxylic acids is 1. The molecule has 8 nitrogen and oxygen atoms in total. The van der Waals surface area contributed by atoms with Crippen LogP contribution in [0.2, 0.25) is 4.34 Å². The summed E-state index contributed by atoms with van der Waals surface area (Å²) in [6.45, 7) is 0. The van der Waals surface area contributed by atoms with E-state index in [1.165, 1.54) is 38.9 Å². The van der Waals surface area contributed by atoms with Crippen molar-refractivity contribution in [2.24, 2.45) is 5.10 Å². The Labute approximate surface area is 170 Å². The van der Waals surface area contributed by atoms with Crippen molar-refractivity contribution in [3.05, 3.63) is 45.9 Å². The zero-order chi connectivity index (χ0) is 20.1. The number of H-pyrrole nitrogens is 1. The molecule has 0 saturated carbocycles. The first kappa shape index (κ1) is 19.7. The third-order valence-electron chi connectivity index (χ3n) is 3.72. The molecule has 3 aromatic rings. The molecule has 0 unspecified atom stereocenters.